The highest BCUT2D eigenvalue weighted by Gasteiger charge is 2.16. The van der Waals surface area contributed by atoms with E-state index in [4.69, 9.17) is 5.73 Å². The summed E-state index contributed by atoms with van der Waals surface area (Å²) in [6, 6.07) is 7.78. The van der Waals surface area contributed by atoms with Crippen molar-refractivity contribution in [1.82, 2.24) is 4.90 Å². The Bertz CT molecular complexity index is 376. The van der Waals surface area contributed by atoms with Crippen LogP contribution in [0.2, 0.25) is 0 Å². The maximum Gasteiger partial charge on any atom is 0.222 e. The zero-order chi connectivity index (χ0) is 12.8. The third kappa shape index (κ3) is 3.77. The second-order valence-electron chi connectivity index (χ2n) is 4.45. The van der Waals surface area contributed by atoms with Crippen molar-refractivity contribution >= 4 is 11.6 Å². The summed E-state index contributed by atoms with van der Waals surface area (Å²) in [6.07, 6.45) is 2.62. The quantitative estimate of drug-likeness (QED) is 0.796. The van der Waals surface area contributed by atoms with Gasteiger partial charge in [0.15, 0.2) is 0 Å². The van der Waals surface area contributed by atoms with Gasteiger partial charge in [-0.05, 0) is 31.0 Å². The number of carbonyl (C=O) groups excluding carboxylic acids is 1. The molecule has 0 saturated carbocycles. The maximum atomic E-state index is 11.9. The number of carbonyl (C=O) groups is 1. The maximum absolute atomic E-state index is 11.9. The first kappa shape index (κ1) is 13.6. The summed E-state index contributed by atoms with van der Waals surface area (Å²) in [5.74, 6) is 0.196. The lowest BCUT2D eigenvalue weighted by atomic mass is 10.1. The van der Waals surface area contributed by atoms with Crippen LogP contribution in [-0.4, -0.2) is 17.9 Å². The Balaban J connectivity index is 2.69. The van der Waals surface area contributed by atoms with Gasteiger partial charge < -0.3 is 10.6 Å². The van der Waals surface area contributed by atoms with Crippen molar-refractivity contribution in [2.75, 3.05) is 12.8 Å². The van der Waals surface area contributed by atoms with Gasteiger partial charge in [-0.3, -0.25) is 4.79 Å². The molecule has 1 aromatic rings. The van der Waals surface area contributed by atoms with Crippen molar-refractivity contribution in [3.8, 4) is 0 Å². The Morgan fingerprint density at radius 3 is 2.76 bits per heavy atom. The zero-order valence-electron chi connectivity index (χ0n) is 10.9. The van der Waals surface area contributed by atoms with Crippen LogP contribution in [0.25, 0.3) is 0 Å². The van der Waals surface area contributed by atoms with Crippen LogP contribution in [0.15, 0.2) is 24.3 Å². The van der Waals surface area contributed by atoms with Crippen LogP contribution >= 0.6 is 0 Å². The molecule has 0 aliphatic heterocycles. The Labute approximate surface area is 104 Å². The second kappa shape index (κ2) is 6.28. The van der Waals surface area contributed by atoms with Crippen LogP contribution in [0.3, 0.4) is 0 Å². The molecule has 1 unspecified atom stereocenters. The summed E-state index contributed by atoms with van der Waals surface area (Å²) in [5, 5.41) is 0. The lowest BCUT2D eigenvalue weighted by Gasteiger charge is -2.25. The van der Waals surface area contributed by atoms with Crippen molar-refractivity contribution in [2.45, 2.75) is 39.2 Å². The number of nitrogen functional groups attached to an aromatic ring is 1. The van der Waals surface area contributed by atoms with E-state index in [0.717, 1.165) is 24.1 Å². The van der Waals surface area contributed by atoms with Crippen LogP contribution in [0, 0.1) is 0 Å². The SMILES string of the molecule is CCCCC(=O)N(C)C(C)c1cccc(N)c1. The number of amides is 1. The van der Waals surface area contributed by atoms with Crippen LogP contribution in [0.1, 0.15) is 44.7 Å². The van der Waals surface area contributed by atoms with E-state index in [1.165, 1.54) is 0 Å². The van der Waals surface area contributed by atoms with Crippen molar-refractivity contribution in [3.63, 3.8) is 0 Å². The second-order valence-corrected chi connectivity index (χ2v) is 4.45. The summed E-state index contributed by atoms with van der Waals surface area (Å²) < 4.78 is 0. The summed E-state index contributed by atoms with van der Waals surface area (Å²) >= 11 is 0. The highest BCUT2D eigenvalue weighted by molar-refractivity contribution is 5.76. The molecule has 0 aromatic heterocycles. The van der Waals surface area contributed by atoms with Gasteiger partial charge in [0, 0.05) is 19.2 Å². The molecule has 3 nitrogen and oxygen atoms in total. The Kier molecular flexibility index (Phi) is 5.01. The highest BCUT2D eigenvalue weighted by atomic mass is 16.2. The van der Waals surface area contributed by atoms with Crippen molar-refractivity contribution in [3.05, 3.63) is 29.8 Å². The van der Waals surface area contributed by atoms with E-state index in [1.54, 1.807) is 4.90 Å². The number of unbranched alkanes of at least 4 members (excludes halogenated alkanes) is 1. The number of hydrogen-bond acceptors (Lipinski definition) is 2. The average Bonchev–Trinajstić information content (AvgIpc) is 2.34. The molecule has 1 amide bonds. The number of nitrogens with two attached hydrogens (primary N) is 1. The van der Waals surface area contributed by atoms with E-state index in [-0.39, 0.29) is 11.9 Å². The summed E-state index contributed by atoms with van der Waals surface area (Å²) in [7, 11) is 1.85. The fourth-order valence-electron chi connectivity index (χ4n) is 1.76. The van der Waals surface area contributed by atoms with Crippen LogP contribution in [0.4, 0.5) is 5.69 Å². The molecule has 0 saturated heterocycles. The average molecular weight is 234 g/mol. The number of nitrogens with zero attached hydrogens (tertiary/aromatic N) is 1. The summed E-state index contributed by atoms with van der Waals surface area (Å²) in [5.41, 5.74) is 7.57. The van der Waals surface area contributed by atoms with Crippen molar-refractivity contribution in [1.29, 1.82) is 0 Å². The molecule has 0 heterocycles. The Morgan fingerprint density at radius 2 is 2.18 bits per heavy atom. The summed E-state index contributed by atoms with van der Waals surface area (Å²) in [4.78, 5) is 13.7. The molecular weight excluding hydrogens is 212 g/mol. The van der Waals surface area contributed by atoms with Gasteiger partial charge in [0.05, 0.1) is 6.04 Å². The molecule has 1 atom stereocenters. The highest BCUT2D eigenvalue weighted by Crippen LogP contribution is 2.21. The molecule has 1 rings (SSSR count). The van der Waals surface area contributed by atoms with Gasteiger partial charge in [0.25, 0.3) is 0 Å². The van der Waals surface area contributed by atoms with Gasteiger partial charge in [-0.15, -0.1) is 0 Å². The first-order chi connectivity index (χ1) is 8.06. The minimum absolute atomic E-state index is 0.0721. The molecule has 3 heteroatoms. The van der Waals surface area contributed by atoms with E-state index in [9.17, 15) is 4.79 Å². The number of benzene rings is 1. The van der Waals surface area contributed by atoms with Crippen LogP contribution in [0.5, 0.6) is 0 Å². The molecule has 1 aromatic carbocycles. The van der Waals surface area contributed by atoms with E-state index < -0.39 is 0 Å². The van der Waals surface area contributed by atoms with Gasteiger partial charge in [0.1, 0.15) is 0 Å². The lowest BCUT2D eigenvalue weighted by molar-refractivity contribution is -0.131. The van der Waals surface area contributed by atoms with E-state index in [2.05, 4.69) is 6.92 Å². The molecule has 94 valence electrons. The monoisotopic (exact) mass is 234 g/mol. The molecule has 0 spiro atoms. The van der Waals surface area contributed by atoms with Gasteiger partial charge >= 0.3 is 0 Å². The Hall–Kier alpha value is -1.51. The molecule has 0 radical (unpaired) electrons. The van der Waals surface area contributed by atoms with Crippen LogP contribution in [-0.2, 0) is 4.79 Å². The Morgan fingerprint density at radius 1 is 1.47 bits per heavy atom. The third-order valence-corrected chi connectivity index (χ3v) is 3.11. The molecule has 17 heavy (non-hydrogen) atoms. The molecule has 0 aliphatic rings. The minimum atomic E-state index is 0.0721. The zero-order valence-corrected chi connectivity index (χ0v) is 10.9. The van der Waals surface area contributed by atoms with Crippen LogP contribution < -0.4 is 5.73 Å². The predicted octanol–water partition coefficient (Wildman–Crippen LogP) is 2.98. The predicted molar refractivity (Wildman–Crippen MR) is 71.6 cm³/mol. The van der Waals surface area contributed by atoms with Gasteiger partial charge in [0.2, 0.25) is 5.91 Å². The number of hydrogen-bond donors (Lipinski definition) is 1. The smallest absolute Gasteiger partial charge is 0.222 e. The topological polar surface area (TPSA) is 46.3 Å². The number of rotatable bonds is 5. The fraction of sp³-hybridized carbons (Fsp3) is 0.500. The fourth-order valence-corrected chi connectivity index (χ4v) is 1.76. The molecule has 2 N–H and O–H groups in total. The largest absolute Gasteiger partial charge is 0.399 e. The van der Waals surface area contributed by atoms with E-state index in [0.29, 0.717) is 6.42 Å². The van der Waals surface area contributed by atoms with Crippen molar-refractivity contribution in [2.24, 2.45) is 0 Å². The summed E-state index contributed by atoms with van der Waals surface area (Å²) in [6.45, 7) is 4.12. The molecule has 0 fully saturated rings. The van der Waals surface area contributed by atoms with Gasteiger partial charge in [-0.1, -0.05) is 25.5 Å². The van der Waals surface area contributed by atoms with Gasteiger partial charge in [-0.25, -0.2) is 0 Å². The first-order valence-electron chi connectivity index (χ1n) is 6.17. The standard InChI is InChI=1S/C14H22N2O/c1-4-5-9-14(17)16(3)11(2)12-7-6-8-13(15)10-12/h6-8,10-11H,4-5,9,15H2,1-3H3. The minimum Gasteiger partial charge on any atom is -0.399 e. The van der Waals surface area contributed by atoms with Gasteiger partial charge in [-0.2, -0.15) is 0 Å². The van der Waals surface area contributed by atoms with Crippen molar-refractivity contribution < 1.29 is 4.79 Å². The molecule has 0 bridgehead atoms. The van der Waals surface area contributed by atoms with E-state index >= 15 is 0 Å². The lowest BCUT2D eigenvalue weighted by Crippen LogP contribution is -2.29. The first-order valence-corrected chi connectivity index (χ1v) is 6.17. The van der Waals surface area contributed by atoms with E-state index in [1.807, 2.05) is 38.2 Å². The normalized spacial score (nSPS) is 12.2. The molecule has 0 aliphatic carbocycles. The molecular formula is C14H22N2O. The number of anilines is 1. The third-order valence-electron chi connectivity index (χ3n) is 3.11.